The maximum Gasteiger partial charge on any atom is 0.323 e. The van der Waals surface area contributed by atoms with Crippen LogP contribution in [0.3, 0.4) is 0 Å². The van der Waals surface area contributed by atoms with E-state index in [1.165, 1.54) is 0 Å². The molecule has 1 aliphatic heterocycles. The van der Waals surface area contributed by atoms with Crippen molar-refractivity contribution < 1.29 is 23.7 Å². The number of carbonyl (C=O) groups excluding carboxylic acids is 1. The molecule has 6 heteroatoms. The Kier molecular flexibility index (Phi) is 9.57. The highest BCUT2D eigenvalue weighted by Crippen LogP contribution is 2.16. The molecule has 2 unspecified atom stereocenters. The molecule has 118 valence electrons. The van der Waals surface area contributed by atoms with Crippen LogP contribution in [0.15, 0.2) is 0 Å². The predicted octanol–water partition coefficient (Wildman–Crippen LogP) is 0.597. The van der Waals surface area contributed by atoms with E-state index in [0.717, 1.165) is 19.4 Å². The Morgan fingerprint density at radius 1 is 1.10 bits per heavy atom. The molecule has 1 N–H and O–H groups in total. The lowest BCUT2D eigenvalue weighted by atomic mass is 9.93. The number of piperidine rings is 1. The number of hydrogen-bond acceptors (Lipinski definition) is 6. The molecule has 0 aromatic carbocycles. The second-order valence-corrected chi connectivity index (χ2v) is 4.94. The topological polar surface area (TPSA) is 66.0 Å². The van der Waals surface area contributed by atoms with Crippen molar-refractivity contribution in [2.24, 2.45) is 5.92 Å². The SMILES string of the molecule is COCCOCCOCCOC(=O)C1NCCCC1C. The molecule has 20 heavy (non-hydrogen) atoms. The van der Waals surface area contributed by atoms with E-state index in [4.69, 9.17) is 18.9 Å². The molecule has 0 aliphatic carbocycles. The maximum atomic E-state index is 11.8. The van der Waals surface area contributed by atoms with Gasteiger partial charge in [-0.15, -0.1) is 0 Å². The van der Waals surface area contributed by atoms with Gasteiger partial charge >= 0.3 is 5.97 Å². The van der Waals surface area contributed by atoms with Gasteiger partial charge in [0.15, 0.2) is 0 Å². The third kappa shape index (κ3) is 7.19. The van der Waals surface area contributed by atoms with Crippen molar-refractivity contribution in [3.05, 3.63) is 0 Å². The average Bonchev–Trinajstić information content (AvgIpc) is 2.46. The van der Waals surface area contributed by atoms with Crippen LogP contribution in [0.1, 0.15) is 19.8 Å². The second kappa shape index (κ2) is 11.0. The van der Waals surface area contributed by atoms with Gasteiger partial charge in [0.05, 0.1) is 33.0 Å². The molecule has 0 aromatic rings. The molecule has 1 saturated heterocycles. The smallest absolute Gasteiger partial charge is 0.323 e. The van der Waals surface area contributed by atoms with Gasteiger partial charge in [-0.2, -0.15) is 0 Å². The predicted molar refractivity (Wildman–Crippen MR) is 74.7 cm³/mol. The Bertz CT molecular complexity index is 262. The number of nitrogens with one attached hydrogen (secondary N) is 1. The lowest BCUT2D eigenvalue weighted by Crippen LogP contribution is -2.46. The standard InChI is InChI=1S/C14H27NO5/c1-12-4-3-5-15-13(12)14(16)20-11-10-19-9-8-18-7-6-17-2/h12-13,15H,3-11H2,1-2H3. The summed E-state index contributed by atoms with van der Waals surface area (Å²) in [5, 5.41) is 3.20. The molecule has 0 bridgehead atoms. The van der Waals surface area contributed by atoms with Gasteiger partial charge in [-0.1, -0.05) is 6.92 Å². The molecule has 1 rings (SSSR count). The van der Waals surface area contributed by atoms with E-state index in [1.807, 2.05) is 0 Å². The third-order valence-corrected chi connectivity index (χ3v) is 3.30. The summed E-state index contributed by atoms with van der Waals surface area (Å²) < 4.78 is 20.6. The second-order valence-electron chi connectivity index (χ2n) is 4.94. The first-order valence-corrected chi connectivity index (χ1v) is 7.30. The average molecular weight is 289 g/mol. The Labute approximate surface area is 121 Å². The summed E-state index contributed by atoms with van der Waals surface area (Å²) in [5.74, 6) is 0.170. The fraction of sp³-hybridized carbons (Fsp3) is 0.929. The summed E-state index contributed by atoms with van der Waals surface area (Å²) in [4.78, 5) is 11.8. The molecule has 0 amide bonds. The van der Waals surface area contributed by atoms with Gasteiger partial charge in [0.2, 0.25) is 0 Å². The highest BCUT2D eigenvalue weighted by Gasteiger charge is 2.28. The molecule has 2 atom stereocenters. The maximum absolute atomic E-state index is 11.8. The van der Waals surface area contributed by atoms with E-state index in [0.29, 0.717) is 45.6 Å². The first-order chi connectivity index (χ1) is 9.75. The zero-order chi connectivity index (χ0) is 14.6. The van der Waals surface area contributed by atoms with E-state index >= 15 is 0 Å². The largest absolute Gasteiger partial charge is 0.462 e. The van der Waals surface area contributed by atoms with Gasteiger partial charge in [0.25, 0.3) is 0 Å². The van der Waals surface area contributed by atoms with Crippen molar-refractivity contribution in [2.45, 2.75) is 25.8 Å². The minimum absolute atomic E-state index is 0.166. The van der Waals surface area contributed by atoms with Crippen molar-refractivity contribution in [3.8, 4) is 0 Å². The Morgan fingerprint density at radius 2 is 1.75 bits per heavy atom. The summed E-state index contributed by atoms with van der Waals surface area (Å²) in [6, 6.07) is -0.166. The Hall–Kier alpha value is -0.690. The van der Waals surface area contributed by atoms with E-state index < -0.39 is 0 Å². The van der Waals surface area contributed by atoms with Gasteiger partial charge in [-0.25, -0.2) is 0 Å². The van der Waals surface area contributed by atoms with Gasteiger partial charge in [0, 0.05) is 7.11 Å². The van der Waals surface area contributed by atoms with Crippen LogP contribution in [0.5, 0.6) is 0 Å². The fourth-order valence-electron chi connectivity index (χ4n) is 2.12. The minimum atomic E-state index is -0.169. The summed E-state index contributed by atoms with van der Waals surface area (Å²) in [6.07, 6.45) is 2.19. The number of carbonyl (C=O) groups is 1. The van der Waals surface area contributed by atoms with Crippen LogP contribution in [0.4, 0.5) is 0 Å². The monoisotopic (exact) mass is 289 g/mol. The minimum Gasteiger partial charge on any atom is -0.462 e. The lowest BCUT2D eigenvalue weighted by molar-refractivity contribution is -0.149. The number of hydrogen-bond donors (Lipinski definition) is 1. The fourth-order valence-corrected chi connectivity index (χ4v) is 2.12. The van der Waals surface area contributed by atoms with Crippen LogP contribution in [0, 0.1) is 5.92 Å². The number of methoxy groups -OCH3 is 1. The first kappa shape index (κ1) is 17.4. The van der Waals surface area contributed by atoms with E-state index in [2.05, 4.69) is 12.2 Å². The molecule has 1 aliphatic rings. The van der Waals surface area contributed by atoms with Crippen LogP contribution < -0.4 is 5.32 Å². The van der Waals surface area contributed by atoms with Gasteiger partial charge in [0.1, 0.15) is 12.6 Å². The quantitative estimate of drug-likeness (QED) is 0.469. The molecule has 0 saturated carbocycles. The summed E-state index contributed by atoms with van der Waals surface area (Å²) >= 11 is 0. The van der Waals surface area contributed by atoms with Crippen LogP contribution in [0.25, 0.3) is 0 Å². The molecule has 0 spiro atoms. The zero-order valence-corrected chi connectivity index (χ0v) is 12.6. The molecule has 0 aromatic heterocycles. The molecule has 1 fully saturated rings. The van der Waals surface area contributed by atoms with Crippen molar-refractivity contribution >= 4 is 5.97 Å². The molecule has 1 heterocycles. The van der Waals surface area contributed by atoms with E-state index in [-0.39, 0.29) is 12.0 Å². The van der Waals surface area contributed by atoms with Crippen molar-refractivity contribution in [3.63, 3.8) is 0 Å². The molecular formula is C14H27NO5. The van der Waals surface area contributed by atoms with Gasteiger partial charge in [-0.3, -0.25) is 4.79 Å². The van der Waals surface area contributed by atoms with Crippen LogP contribution in [-0.2, 0) is 23.7 Å². The van der Waals surface area contributed by atoms with E-state index in [9.17, 15) is 4.79 Å². The highest BCUT2D eigenvalue weighted by molar-refractivity contribution is 5.76. The molecule has 0 radical (unpaired) electrons. The van der Waals surface area contributed by atoms with Gasteiger partial charge in [-0.05, 0) is 25.3 Å². The van der Waals surface area contributed by atoms with Crippen molar-refractivity contribution in [1.82, 2.24) is 5.32 Å². The third-order valence-electron chi connectivity index (χ3n) is 3.30. The van der Waals surface area contributed by atoms with Crippen LogP contribution in [-0.4, -0.2) is 65.3 Å². The number of esters is 1. The highest BCUT2D eigenvalue weighted by atomic mass is 16.6. The first-order valence-electron chi connectivity index (χ1n) is 7.30. The normalized spacial score (nSPS) is 22.7. The summed E-state index contributed by atoms with van der Waals surface area (Å²) in [7, 11) is 1.64. The lowest BCUT2D eigenvalue weighted by Gasteiger charge is -2.28. The Morgan fingerprint density at radius 3 is 2.40 bits per heavy atom. The zero-order valence-electron chi connectivity index (χ0n) is 12.6. The number of ether oxygens (including phenoxy) is 4. The van der Waals surface area contributed by atoms with Crippen molar-refractivity contribution in [2.75, 3.05) is 53.3 Å². The molecular weight excluding hydrogens is 262 g/mol. The molecule has 6 nitrogen and oxygen atoms in total. The Balaban J connectivity index is 1.94. The summed E-state index contributed by atoms with van der Waals surface area (Å²) in [6.45, 7) is 5.84. The number of rotatable bonds is 10. The van der Waals surface area contributed by atoms with E-state index in [1.54, 1.807) is 7.11 Å². The summed E-state index contributed by atoms with van der Waals surface area (Å²) in [5.41, 5.74) is 0. The van der Waals surface area contributed by atoms with Crippen LogP contribution >= 0.6 is 0 Å². The van der Waals surface area contributed by atoms with Crippen LogP contribution in [0.2, 0.25) is 0 Å². The van der Waals surface area contributed by atoms with Gasteiger partial charge < -0.3 is 24.3 Å². The van der Waals surface area contributed by atoms with Crippen molar-refractivity contribution in [1.29, 1.82) is 0 Å².